The number of fused-ring (bicyclic) bond motifs is 3. The number of rotatable bonds is 4. The van der Waals surface area contributed by atoms with Crippen LogP contribution in [0.25, 0.3) is 5.65 Å². The van der Waals surface area contributed by atoms with Crippen LogP contribution in [0.4, 0.5) is 5.82 Å². The molecule has 9 heteroatoms. The van der Waals surface area contributed by atoms with E-state index in [1.54, 1.807) is 0 Å². The summed E-state index contributed by atoms with van der Waals surface area (Å²) in [5.74, 6) is 1.06. The number of hydrogen-bond acceptors (Lipinski definition) is 5. The smallest absolute Gasteiger partial charge is 0.208 e. The molecule has 1 spiro atoms. The Morgan fingerprint density at radius 2 is 1.96 bits per heavy atom. The summed E-state index contributed by atoms with van der Waals surface area (Å²) in [5.41, 5.74) is 3.69. The van der Waals surface area contributed by atoms with Crippen LogP contribution in [-0.4, -0.2) is 41.4 Å². The van der Waals surface area contributed by atoms with Crippen molar-refractivity contribution >= 4 is 37.4 Å². The van der Waals surface area contributed by atoms with Gasteiger partial charge in [-0.1, -0.05) is 12.8 Å². The highest BCUT2D eigenvalue weighted by Crippen LogP contribution is 2.51. The second-order valence-electron chi connectivity index (χ2n) is 8.74. The van der Waals surface area contributed by atoms with E-state index in [0.717, 1.165) is 41.6 Å². The lowest BCUT2D eigenvalue weighted by atomic mass is 9.83. The second-order valence-corrected chi connectivity index (χ2v) is 11.4. The maximum atomic E-state index is 11.6. The van der Waals surface area contributed by atoms with Gasteiger partial charge in [-0.05, 0) is 60.9 Å². The molecule has 0 saturated heterocycles. The van der Waals surface area contributed by atoms with Gasteiger partial charge in [-0.25, -0.2) is 18.1 Å². The molecule has 3 aliphatic rings. The average molecular weight is 468 g/mol. The van der Waals surface area contributed by atoms with Crippen LogP contribution in [-0.2, 0) is 21.9 Å². The SMILES string of the molecule is CS(=O)(=O)N[C@H]1CC[C@H](Nc2c3c(nc4c(Br)cnn24)C2(CCCC2)CC3)C1. The van der Waals surface area contributed by atoms with Crippen molar-refractivity contribution in [2.75, 3.05) is 11.6 Å². The molecule has 152 valence electrons. The molecule has 2 atom stereocenters. The molecule has 0 radical (unpaired) electrons. The molecule has 0 bridgehead atoms. The standard InChI is InChI=1S/C19H26BrN5O2S/c1-28(26,27)24-13-5-4-12(10-13)22-17-14-6-9-19(7-2-3-8-19)16(14)23-18-15(20)11-21-25(17)18/h11-13,22,24H,2-10H2,1H3/t12-,13-/m0/s1. The van der Waals surface area contributed by atoms with Crippen molar-refractivity contribution in [1.29, 1.82) is 0 Å². The average Bonchev–Trinajstić information content (AvgIpc) is 3.39. The van der Waals surface area contributed by atoms with Gasteiger partial charge in [0.2, 0.25) is 10.0 Å². The van der Waals surface area contributed by atoms with Crippen LogP contribution in [0.3, 0.4) is 0 Å². The zero-order chi connectivity index (χ0) is 19.5. The third kappa shape index (κ3) is 3.15. The zero-order valence-electron chi connectivity index (χ0n) is 16.0. The number of sulfonamides is 1. The van der Waals surface area contributed by atoms with Gasteiger partial charge >= 0.3 is 0 Å². The second kappa shape index (κ2) is 6.67. The molecule has 7 nitrogen and oxygen atoms in total. The Kier molecular flexibility index (Phi) is 4.48. The van der Waals surface area contributed by atoms with Gasteiger partial charge in [0.15, 0.2) is 5.65 Å². The lowest BCUT2D eigenvalue weighted by Gasteiger charge is -2.24. The van der Waals surface area contributed by atoms with Gasteiger partial charge < -0.3 is 5.32 Å². The minimum absolute atomic E-state index is 0.00316. The number of aromatic nitrogens is 3. The van der Waals surface area contributed by atoms with E-state index in [-0.39, 0.29) is 17.5 Å². The highest BCUT2D eigenvalue weighted by Gasteiger charge is 2.44. The van der Waals surface area contributed by atoms with Crippen molar-refractivity contribution in [3.05, 3.63) is 21.9 Å². The van der Waals surface area contributed by atoms with Crippen molar-refractivity contribution in [3.63, 3.8) is 0 Å². The first kappa shape index (κ1) is 18.8. The van der Waals surface area contributed by atoms with E-state index in [0.29, 0.717) is 0 Å². The number of halogens is 1. The Morgan fingerprint density at radius 3 is 2.71 bits per heavy atom. The van der Waals surface area contributed by atoms with Crippen LogP contribution in [0.15, 0.2) is 10.7 Å². The Morgan fingerprint density at radius 1 is 1.21 bits per heavy atom. The number of nitrogens with zero attached hydrogens (tertiary/aromatic N) is 3. The molecule has 3 aliphatic carbocycles. The Bertz CT molecular complexity index is 1030. The van der Waals surface area contributed by atoms with Crippen LogP contribution in [0.1, 0.15) is 62.6 Å². The molecule has 2 heterocycles. The largest absolute Gasteiger partial charge is 0.367 e. The van der Waals surface area contributed by atoms with Crippen LogP contribution < -0.4 is 10.0 Å². The number of nitrogens with one attached hydrogen (secondary N) is 2. The van der Waals surface area contributed by atoms with Crippen LogP contribution >= 0.6 is 15.9 Å². The maximum Gasteiger partial charge on any atom is 0.208 e. The summed E-state index contributed by atoms with van der Waals surface area (Å²) in [6.45, 7) is 0. The van der Waals surface area contributed by atoms with Crippen molar-refractivity contribution < 1.29 is 8.42 Å². The van der Waals surface area contributed by atoms with Crippen molar-refractivity contribution in [1.82, 2.24) is 19.3 Å². The summed E-state index contributed by atoms with van der Waals surface area (Å²) in [5, 5.41) is 8.29. The minimum Gasteiger partial charge on any atom is -0.367 e. The summed E-state index contributed by atoms with van der Waals surface area (Å²) in [6.07, 6.45) is 12.9. The number of hydrogen-bond donors (Lipinski definition) is 2. The molecular formula is C19H26BrN5O2S. The van der Waals surface area contributed by atoms with Gasteiger partial charge in [0, 0.05) is 23.1 Å². The molecule has 2 aromatic rings. The predicted molar refractivity (Wildman–Crippen MR) is 112 cm³/mol. The molecular weight excluding hydrogens is 442 g/mol. The molecule has 2 aromatic heterocycles. The van der Waals surface area contributed by atoms with Crippen molar-refractivity contribution in [2.45, 2.75) is 75.3 Å². The van der Waals surface area contributed by atoms with Gasteiger partial charge in [-0.3, -0.25) is 0 Å². The van der Waals surface area contributed by atoms with E-state index >= 15 is 0 Å². The predicted octanol–water partition coefficient (Wildman–Crippen LogP) is 3.13. The lowest BCUT2D eigenvalue weighted by molar-refractivity contribution is 0.429. The van der Waals surface area contributed by atoms with Gasteiger partial charge in [0.1, 0.15) is 5.82 Å². The minimum atomic E-state index is -3.17. The summed E-state index contributed by atoms with van der Waals surface area (Å²) in [7, 11) is -3.17. The highest BCUT2D eigenvalue weighted by molar-refractivity contribution is 9.10. The molecule has 0 amide bonds. The van der Waals surface area contributed by atoms with Crippen molar-refractivity contribution in [2.24, 2.45) is 0 Å². The van der Waals surface area contributed by atoms with Crippen molar-refractivity contribution in [3.8, 4) is 0 Å². The zero-order valence-corrected chi connectivity index (χ0v) is 18.4. The summed E-state index contributed by atoms with van der Waals surface area (Å²) in [4.78, 5) is 5.07. The summed E-state index contributed by atoms with van der Waals surface area (Å²) in [6, 6.07) is 0.237. The third-order valence-corrected chi connectivity index (χ3v) is 8.09. The maximum absolute atomic E-state index is 11.6. The fraction of sp³-hybridized carbons (Fsp3) is 0.684. The molecule has 28 heavy (non-hydrogen) atoms. The topological polar surface area (TPSA) is 88.4 Å². The summed E-state index contributed by atoms with van der Waals surface area (Å²) >= 11 is 3.61. The first-order valence-electron chi connectivity index (χ1n) is 10.2. The van der Waals surface area contributed by atoms with E-state index in [1.807, 2.05) is 10.7 Å². The normalized spacial score (nSPS) is 26.4. The van der Waals surface area contributed by atoms with E-state index in [9.17, 15) is 8.42 Å². The highest BCUT2D eigenvalue weighted by atomic mass is 79.9. The molecule has 2 saturated carbocycles. The van der Waals surface area contributed by atoms with Crippen LogP contribution in [0.2, 0.25) is 0 Å². The Hall–Kier alpha value is -1.19. The Labute approximate surface area is 173 Å². The third-order valence-electron chi connectivity index (χ3n) is 6.77. The van der Waals surface area contributed by atoms with Gasteiger partial charge in [-0.15, -0.1) is 0 Å². The van der Waals surface area contributed by atoms with E-state index in [2.05, 4.69) is 31.1 Å². The van der Waals surface area contributed by atoms with Gasteiger partial charge in [0.25, 0.3) is 0 Å². The summed E-state index contributed by atoms with van der Waals surface area (Å²) < 4.78 is 28.7. The quantitative estimate of drug-likeness (QED) is 0.720. The van der Waals surface area contributed by atoms with Gasteiger partial charge in [-0.2, -0.15) is 9.61 Å². The van der Waals surface area contributed by atoms with Crippen LogP contribution in [0, 0.1) is 0 Å². The van der Waals surface area contributed by atoms with Gasteiger partial charge in [0.05, 0.1) is 22.6 Å². The molecule has 0 aromatic carbocycles. The van der Waals surface area contributed by atoms with E-state index in [4.69, 9.17) is 4.98 Å². The molecule has 2 fully saturated rings. The molecule has 0 aliphatic heterocycles. The first-order chi connectivity index (χ1) is 13.3. The lowest BCUT2D eigenvalue weighted by Crippen LogP contribution is -2.33. The van der Waals surface area contributed by atoms with Crippen LogP contribution in [0.5, 0.6) is 0 Å². The fourth-order valence-electron chi connectivity index (χ4n) is 5.56. The fourth-order valence-corrected chi connectivity index (χ4v) is 6.73. The molecule has 0 unspecified atom stereocenters. The monoisotopic (exact) mass is 467 g/mol. The first-order valence-corrected chi connectivity index (χ1v) is 12.8. The molecule has 5 rings (SSSR count). The Balaban J connectivity index is 1.50. The number of anilines is 1. The van der Waals surface area contributed by atoms with E-state index < -0.39 is 10.0 Å². The molecule has 2 N–H and O–H groups in total. The van der Waals surface area contributed by atoms with E-state index in [1.165, 1.54) is 49.6 Å².